The molecule has 3 aliphatic rings. The van der Waals surface area contributed by atoms with Gasteiger partial charge in [0, 0.05) is 30.4 Å². The number of hydrogen-bond donors (Lipinski definition) is 0. The molecule has 3 aliphatic heterocycles. The highest BCUT2D eigenvalue weighted by Gasteiger charge is 2.50. The van der Waals surface area contributed by atoms with Crippen LogP contribution in [-0.2, 0) is 18.1 Å². The predicted octanol–water partition coefficient (Wildman–Crippen LogP) is 5.18. The summed E-state index contributed by atoms with van der Waals surface area (Å²) in [5.41, 5.74) is 2.73. The van der Waals surface area contributed by atoms with Crippen LogP contribution >= 0.6 is 0 Å². The van der Waals surface area contributed by atoms with Gasteiger partial charge in [-0.1, -0.05) is 30.3 Å². The molecule has 0 fully saturated rings. The van der Waals surface area contributed by atoms with Crippen LogP contribution < -0.4 is 19.1 Å². The van der Waals surface area contributed by atoms with E-state index in [1.165, 1.54) is 12.1 Å². The van der Waals surface area contributed by atoms with Crippen LogP contribution in [0, 0.1) is 0 Å². The molecule has 3 aromatic carbocycles. The predicted molar refractivity (Wildman–Crippen MR) is 113 cm³/mol. The quantitative estimate of drug-likeness (QED) is 0.551. The maximum Gasteiger partial charge on any atom is 0.416 e. The van der Waals surface area contributed by atoms with Gasteiger partial charge in [0.05, 0.1) is 11.0 Å². The second kappa shape index (κ2) is 6.82. The number of para-hydroxylation sites is 1. The standard InChI is InChI=1S/C25H20F3NO3/c26-25(27,28)17-5-3-4-16(10-17)13-29-14-24(18-6-1-2-7-20(18)29)15-32-21-12-23-22(11-19(21)24)30-8-9-31-23/h1-7,10-12H,8-9,13-15H2. The third-order valence-electron chi connectivity index (χ3n) is 6.48. The Balaban J connectivity index is 1.40. The maximum atomic E-state index is 13.2. The van der Waals surface area contributed by atoms with E-state index in [0.29, 0.717) is 50.0 Å². The number of nitrogens with zero attached hydrogens (tertiary/aromatic N) is 1. The Bertz CT molecular complexity index is 1210. The van der Waals surface area contributed by atoms with Crippen LogP contribution in [0.1, 0.15) is 22.3 Å². The minimum absolute atomic E-state index is 0.378. The fourth-order valence-corrected chi connectivity index (χ4v) is 5.05. The van der Waals surface area contributed by atoms with Crippen molar-refractivity contribution in [1.29, 1.82) is 0 Å². The zero-order valence-electron chi connectivity index (χ0n) is 17.1. The van der Waals surface area contributed by atoms with Crippen molar-refractivity contribution in [2.24, 2.45) is 0 Å². The second-order valence-corrected chi connectivity index (χ2v) is 8.43. The van der Waals surface area contributed by atoms with E-state index in [0.717, 1.165) is 28.6 Å². The molecule has 6 rings (SSSR count). The Morgan fingerprint density at radius 1 is 0.812 bits per heavy atom. The molecule has 32 heavy (non-hydrogen) atoms. The SMILES string of the molecule is FC(F)(F)c1cccc(CN2CC3(COc4cc5c(cc43)OCCO5)c3ccccc32)c1. The number of fused-ring (bicyclic) bond motifs is 5. The first-order valence-corrected chi connectivity index (χ1v) is 10.5. The highest BCUT2D eigenvalue weighted by atomic mass is 19.4. The zero-order chi connectivity index (χ0) is 21.9. The van der Waals surface area contributed by atoms with E-state index < -0.39 is 17.2 Å². The van der Waals surface area contributed by atoms with Gasteiger partial charge in [0.15, 0.2) is 11.5 Å². The largest absolute Gasteiger partial charge is 0.492 e. The van der Waals surface area contributed by atoms with Crippen LogP contribution in [0.4, 0.5) is 18.9 Å². The molecule has 0 aliphatic carbocycles. The van der Waals surface area contributed by atoms with Gasteiger partial charge in [0.25, 0.3) is 0 Å². The van der Waals surface area contributed by atoms with E-state index in [9.17, 15) is 13.2 Å². The third-order valence-corrected chi connectivity index (χ3v) is 6.48. The average Bonchev–Trinajstić information content (AvgIpc) is 3.30. The fraction of sp³-hybridized carbons (Fsp3) is 0.280. The molecule has 3 aromatic rings. The lowest BCUT2D eigenvalue weighted by molar-refractivity contribution is -0.137. The topological polar surface area (TPSA) is 30.9 Å². The molecule has 0 saturated heterocycles. The Morgan fingerprint density at radius 3 is 2.41 bits per heavy atom. The molecule has 0 amide bonds. The van der Waals surface area contributed by atoms with Gasteiger partial charge in [-0.3, -0.25) is 0 Å². The van der Waals surface area contributed by atoms with Crippen molar-refractivity contribution in [2.45, 2.75) is 18.1 Å². The highest BCUT2D eigenvalue weighted by Crippen LogP contribution is 2.54. The van der Waals surface area contributed by atoms with Crippen molar-refractivity contribution in [3.05, 3.63) is 82.9 Å². The molecule has 1 unspecified atom stereocenters. The maximum absolute atomic E-state index is 13.2. The molecule has 1 atom stereocenters. The van der Waals surface area contributed by atoms with Gasteiger partial charge < -0.3 is 19.1 Å². The number of alkyl halides is 3. The number of hydrogen-bond acceptors (Lipinski definition) is 4. The van der Waals surface area contributed by atoms with Crippen molar-refractivity contribution in [3.63, 3.8) is 0 Å². The first kappa shape index (κ1) is 19.3. The first-order valence-electron chi connectivity index (χ1n) is 10.5. The third kappa shape index (κ3) is 2.91. The summed E-state index contributed by atoms with van der Waals surface area (Å²) in [5.74, 6) is 2.15. The molecule has 164 valence electrons. The lowest BCUT2D eigenvalue weighted by Gasteiger charge is -2.26. The number of ether oxygens (including phenoxy) is 3. The van der Waals surface area contributed by atoms with Gasteiger partial charge in [0.1, 0.15) is 25.6 Å². The number of benzene rings is 3. The normalized spacial score (nSPS) is 20.8. The smallest absolute Gasteiger partial charge is 0.416 e. The van der Waals surface area contributed by atoms with Crippen LogP contribution in [0.5, 0.6) is 17.2 Å². The summed E-state index contributed by atoms with van der Waals surface area (Å²) in [6, 6.07) is 17.5. The van der Waals surface area contributed by atoms with E-state index in [1.807, 2.05) is 30.3 Å². The second-order valence-electron chi connectivity index (χ2n) is 8.43. The first-order chi connectivity index (χ1) is 15.4. The summed E-state index contributed by atoms with van der Waals surface area (Å²) in [6.07, 6.45) is -4.36. The van der Waals surface area contributed by atoms with Gasteiger partial charge in [0.2, 0.25) is 0 Å². The molecular weight excluding hydrogens is 419 g/mol. The fourth-order valence-electron chi connectivity index (χ4n) is 5.05. The van der Waals surface area contributed by atoms with Gasteiger partial charge in [-0.05, 0) is 35.4 Å². The molecule has 3 heterocycles. The monoisotopic (exact) mass is 439 g/mol. The molecule has 0 bridgehead atoms. The highest BCUT2D eigenvalue weighted by molar-refractivity contribution is 5.70. The molecular formula is C25H20F3NO3. The van der Waals surface area contributed by atoms with Crippen LogP contribution in [-0.4, -0.2) is 26.4 Å². The lowest BCUT2D eigenvalue weighted by Crippen LogP contribution is -2.36. The molecule has 0 N–H and O–H groups in total. The van der Waals surface area contributed by atoms with E-state index in [-0.39, 0.29) is 0 Å². The van der Waals surface area contributed by atoms with Crippen molar-refractivity contribution in [1.82, 2.24) is 0 Å². The minimum Gasteiger partial charge on any atom is -0.492 e. The Labute approximate surface area is 183 Å². The Kier molecular flexibility index (Phi) is 4.12. The van der Waals surface area contributed by atoms with Gasteiger partial charge in [-0.2, -0.15) is 13.2 Å². The molecule has 4 nitrogen and oxygen atoms in total. The number of halogens is 3. The summed E-state index contributed by atoms with van der Waals surface area (Å²) >= 11 is 0. The van der Waals surface area contributed by atoms with Crippen LogP contribution in [0.15, 0.2) is 60.7 Å². The van der Waals surface area contributed by atoms with E-state index >= 15 is 0 Å². The van der Waals surface area contributed by atoms with E-state index in [1.54, 1.807) is 6.07 Å². The van der Waals surface area contributed by atoms with Crippen molar-refractivity contribution >= 4 is 5.69 Å². The molecule has 0 aromatic heterocycles. The van der Waals surface area contributed by atoms with Crippen LogP contribution in [0.3, 0.4) is 0 Å². The lowest BCUT2D eigenvalue weighted by atomic mass is 9.77. The van der Waals surface area contributed by atoms with Crippen LogP contribution in [0.2, 0.25) is 0 Å². The Morgan fingerprint density at radius 2 is 1.59 bits per heavy atom. The van der Waals surface area contributed by atoms with Crippen LogP contribution in [0.25, 0.3) is 0 Å². The van der Waals surface area contributed by atoms with E-state index in [2.05, 4.69) is 11.0 Å². The van der Waals surface area contributed by atoms with Gasteiger partial charge in [-0.15, -0.1) is 0 Å². The summed E-state index contributed by atoms with van der Waals surface area (Å²) in [6.45, 7) is 2.45. The summed E-state index contributed by atoms with van der Waals surface area (Å²) in [4.78, 5) is 2.14. The number of anilines is 1. The summed E-state index contributed by atoms with van der Waals surface area (Å²) in [5, 5.41) is 0. The minimum atomic E-state index is -4.36. The molecule has 7 heteroatoms. The molecule has 1 spiro atoms. The van der Waals surface area contributed by atoms with Crippen molar-refractivity contribution in [2.75, 3.05) is 31.3 Å². The summed E-state index contributed by atoms with van der Waals surface area (Å²) < 4.78 is 57.3. The Hall–Kier alpha value is -3.35. The molecule has 0 saturated carbocycles. The van der Waals surface area contributed by atoms with Crippen molar-refractivity contribution in [3.8, 4) is 17.2 Å². The van der Waals surface area contributed by atoms with Crippen molar-refractivity contribution < 1.29 is 27.4 Å². The zero-order valence-corrected chi connectivity index (χ0v) is 17.1. The number of rotatable bonds is 2. The van der Waals surface area contributed by atoms with Gasteiger partial charge in [-0.25, -0.2) is 0 Å². The van der Waals surface area contributed by atoms with Gasteiger partial charge >= 0.3 is 6.18 Å². The summed E-state index contributed by atoms with van der Waals surface area (Å²) in [7, 11) is 0. The molecule has 0 radical (unpaired) electrons. The van der Waals surface area contributed by atoms with E-state index in [4.69, 9.17) is 14.2 Å². The average molecular weight is 439 g/mol.